The van der Waals surface area contributed by atoms with Crippen molar-refractivity contribution in [2.75, 3.05) is 17.2 Å². The van der Waals surface area contributed by atoms with Gasteiger partial charge in [0, 0.05) is 30.1 Å². The lowest BCUT2D eigenvalue weighted by Crippen LogP contribution is -2.14. The maximum atomic E-state index is 10.9. The van der Waals surface area contributed by atoms with Gasteiger partial charge in [0.1, 0.15) is 5.82 Å². The van der Waals surface area contributed by atoms with E-state index in [2.05, 4.69) is 33.8 Å². The van der Waals surface area contributed by atoms with Crippen molar-refractivity contribution in [3.8, 4) is 0 Å². The van der Waals surface area contributed by atoms with Gasteiger partial charge in [-0.05, 0) is 13.0 Å². The molecule has 22 heavy (non-hydrogen) atoms. The van der Waals surface area contributed by atoms with Crippen LogP contribution in [-0.4, -0.2) is 27.5 Å². The zero-order valence-corrected chi connectivity index (χ0v) is 12.2. The fraction of sp³-hybridized carbons (Fsp3) is 0.200. The van der Waals surface area contributed by atoms with E-state index in [0.717, 1.165) is 0 Å². The van der Waals surface area contributed by atoms with Crippen LogP contribution < -0.4 is 10.6 Å². The first-order chi connectivity index (χ1) is 10.5. The molecule has 0 aliphatic carbocycles. The van der Waals surface area contributed by atoms with Crippen LogP contribution in [0.5, 0.6) is 0 Å². The minimum absolute atomic E-state index is 0.00259. The van der Waals surface area contributed by atoms with Crippen molar-refractivity contribution >= 4 is 28.4 Å². The van der Waals surface area contributed by atoms with Gasteiger partial charge in [-0.1, -0.05) is 12.2 Å². The molecule has 7 heteroatoms. The minimum Gasteiger partial charge on any atom is -0.363 e. The average molecular weight is 299 g/mol. The molecule has 2 aromatic rings. The Kier molecular flexibility index (Phi) is 4.67. The van der Waals surface area contributed by atoms with E-state index in [4.69, 9.17) is 0 Å². The molecule has 2 rings (SSSR count). The first-order valence-corrected chi connectivity index (χ1v) is 6.75. The van der Waals surface area contributed by atoms with Gasteiger partial charge in [-0.2, -0.15) is 4.98 Å². The largest absolute Gasteiger partial charge is 0.363 e. The Morgan fingerprint density at radius 2 is 2.18 bits per heavy atom. The Morgan fingerprint density at radius 3 is 2.82 bits per heavy atom. The van der Waals surface area contributed by atoms with Crippen LogP contribution in [0.1, 0.15) is 6.92 Å². The topological polar surface area (TPSA) is 93.0 Å². The molecule has 1 aromatic heterocycles. The monoisotopic (exact) mass is 299 g/mol. The summed E-state index contributed by atoms with van der Waals surface area (Å²) in [7, 11) is 0. The highest BCUT2D eigenvalue weighted by atomic mass is 16.6. The van der Waals surface area contributed by atoms with Gasteiger partial charge in [0.05, 0.1) is 10.4 Å². The molecule has 0 bridgehead atoms. The van der Waals surface area contributed by atoms with Crippen LogP contribution in [-0.2, 0) is 0 Å². The molecule has 0 amide bonds. The van der Waals surface area contributed by atoms with Gasteiger partial charge in [0.25, 0.3) is 5.69 Å². The fourth-order valence-electron chi connectivity index (χ4n) is 1.86. The average Bonchev–Trinajstić information content (AvgIpc) is 2.52. The summed E-state index contributed by atoms with van der Waals surface area (Å²) in [6.07, 6.45) is 3.42. The number of non-ortho nitro benzene ring substituents is 1. The Labute approximate surface area is 127 Å². The molecular weight excluding hydrogens is 282 g/mol. The van der Waals surface area contributed by atoms with Crippen molar-refractivity contribution in [1.82, 2.24) is 9.97 Å². The fourth-order valence-corrected chi connectivity index (χ4v) is 1.86. The Hall–Kier alpha value is -2.96. The molecule has 0 radical (unpaired) electrons. The molecule has 0 saturated heterocycles. The zero-order valence-electron chi connectivity index (χ0n) is 12.2. The molecule has 7 nitrogen and oxygen atoms in total. The number of hydrogen-bond acceptors (Lipinski definition) is 6. The number of anilines is 2. The minimum atomic E-state index is -0.440. The van der Waals surface area contributed by atoms with Gasteiger partial charge in [0.15, 0.2) is 0 Å². The van der Waals surface area contributed by atoms with Crippen LogP contribution >= 0.6 is 0 Å². The molecule has 1 heterocycles. The zero-order chi connectivity index (χ0) is 16.1. The van der Waals surface area contributed by atoms with Crippen molar-refractivity contribution in [2.45, 2.75) is 13.0 Å². The first-order valence-electron chi connectivity index (χ1n) is 6.75. The summed E-state index contributed by atoms with van der Waals surface area (Å²) in [5.74, 6) is 0.952. The molecule has 1 aromatic carbocycles. The van der Waals surface area contributed by atoms with E-state index in [0.29, 0.717) is 29.2 Å². The maximum absolute atomic E-state index is 10.9. The van der Waals surface area contributed by atoms with Crippen molar-refractivity contribution in [2.24, 2.45) is 0 Å². The molecule has 1 unspecified atom stereocenters. The summed E-state index contributed by atoms with van der Waals surface area (Å²) in [6, 6.07) is 4.46. The normalized spacial score (nSPS) is 11.7. The number of fused-ring (bicyclic) bond motifs is 1. The second-order valence-corrected chi connectivity index (χ2v) is 4.69. The number of nitro benzene ring substituents is 1. The van der Waals surface area contributed by atoms with E-state index >= 15 is 0 Å². The molecular formula is C15H17N5O2. The SMILES string of the molecule is C=CCNc1nc(NC(C)C=C)c2cc([N+](=O)[O-])ccc2n1. The van der Waals surface area contributed by atoms with Gasteiger partial charge in [-0.15, -0.1) is 13.2 Å². The lowest BCUT2D eigenvalue weighted by molar-refractivity contribution is -0.384. The molecule has 0 spiro atoms. The maximum Gasteiger partial charge on any atom is 0.270 e. The van der Waals surface area contributed by atoms with Crippen LogP contribution in [0.4, 0.5) is 17.5 Å². The van der Waals surface area contributed by atoms with E-state index in [-0.39, 0.29) is 11.7 Å². The summed E-state index contributed by atoms with van der Waals surface area (Å²) < 4.78 is 0. The molecule has 2 N–H and O–H groups in total. The van der Waals surface area contributed by atoms with Gasteiger partial charge in [0.2, 0.25) is 5.95 Å². The summed E-state index contributed by atoms with van der Waals surface area (Å²) in [4.78, 5) is 19.2. The van der Waals surface area contributed by atoms with E-state index in [1.54, 1.807) is 18.2 Å². The molecule has 0 aliphatic rings. The lowest BCUT2D eigenvalue weighted by Gasteiger charge is -2.14. The second kappa shape index (κ2) is 6.66. The molecule has 0 fully saturated rings. The highest BCUT2D eigenvalue weighted by Crippen LogP contribution is 2.26. The van der Waals surface area contributed by atoms with Gasteiger partial charge < -0.3 is 10.6 Å². The van der Waals surface area contributed by atoms with Crippen LogP contribution in [0.15, 0.2) is 43.5 Å². The Balaban J connectivity index is 2.56. The van der Waals surface area contributed by atoms with Crippen LogP contribution in [0.25, 0.3) is 10.9 Å². The summed E-state index contributed by atoms with van der Waals surface area (Å²) in [5, 5.41) is 17.7. The molecule has 0 saturated carbocycles. The Bertz CT molecular complexity index is 729. The third kappa shape index (κ3) is 3.38. The highest BCUT2D eigenvalue weighted by Gasteiger charge is 2.13. The predicted molar refractivity (Wildman–Crippen MR) is 88.2 cm³/mol. The number of nitrogens with zero attached hydrogens (tertiary/aromatic N) is 3. The van der Waals surface area contributed by atoms with E-state index in [1.165, 1.54) is 12.1 Å². The number of benzene rings is 1. The summed E-state index contributed by atoms with van der Waals surface area (Å²) in [5.41, 5.74) is 0.614. The van der Waals surface area contributed by atoms with E-state index < -0.39 is 4.92 Å². The van der Waals surface area contributed by atoms with Crippen LogP contribution in [0.3, 0.4) is 0 Å². The van der Waals surface area contributed by atoms with Crippen molar-refractivity contribution in [3.63, 3.8) is 0 Å². The summed E-state index contributed by atoms with van der Waals surface area (Å²) in [6.45, 7) is 9.78. The van der Waals surface area contributed by atoms with Gasteiger partial charge in [-0.25, -0.2) is 4.98 Å². The molecule has 1 atom stereocenters. The second-order valence-electron chi connectivity index (χ2n) is 4.69. The number of nitrogens with one attached hydrogen (secondary N) is 2. The van der Waals surface area contributed by atoms with Gasteiger partial charge in [-0.3, -0.25) is 10.1 Å². The number of rotatable bonds is 7. The van der Waals surface area contributed by atoms with Crippen LogP contribution in [0.2, 0.25) is 0 Å². The number of nitro groups is 1. The first kappa shape index (κ1) is 15.4. The standard InChI is InChI=1S/C15H17N5O2/c1-4-8-16-15-18-13-7-6-11(20(21)22)9-12(13)14(19-15)17-10(3)5-2/h4-7,9-10H,1-2,8H2,3H3,(H2,16,17,18,19). The third-order valence-corrected chi connectivity index (χ3v) is 3.01. The molecule has 0 aliphatic heterocycles. The lowest BCUT2D eigenvalue weighted by atomic mass is 10.2. The smallest absolute Gasteiger partial charge is 0.270 e. The van der Waals surface area contributed by atoms with E-state index in [1.807, 2.05) is 6.92 Å². The Morgan fingerprint density at radius 1 is 1.41 bits per heavy atom. The van der Waals surface area contributed by atoms with E-state index in [9.17, 15) is 10.1 Å². The molecule has 114 valence electrons. The number of aromatic nitrogens is 2. The van der Waals surface area contributed by atoms with Crippen molar-refractivity contribution in [1.29, 1.82) is 0 Å². The van der Waals surface area contributed by atoms with Crippen molar-refractivity contribution in [3.05, 3.63) is 53.6 Å². The summed E-state index contributed by atoms with van der Waals surface area (Å²) >= 11 is 0. The number of hydrogen-bond donors (Lipinski definition) is 2. The van der Waals surface area contributed by atoms with Gasteiger partial charge >= 0.3 is 0 Å². The van der Waals surface area contributed by atoms with Crippen LogP contribution in [0, 0.1) is 10.1 Å². The van der Waals surface area contributed by atoms with Crippen molar-refractivity contribution < 1.29 is 4.92 Å². The predicted octanol–water partition coefficient (Wildman–Crippen LogP) is 3.12. The quantitative estimate of drug-likeness (QED) is 0.463. The highest BCUT2D eigenvalue weighted by molar-refractivity contribution is 5.92. The third-order valence-electron chi connectivity index (χ3n) is 3.01.